The van der Waals surface area contributed by atoms with Crippen LogP contribution in [0.4, 0.5) is 8.63 Å². The van der Waals surface area contributed by atoms with E-state index < -0.39 is 6.97 Å². The summed E-state index contributed by atoms with van der Waals surface area (Å²) in [5, 5.41) is 0. The molecule has 0 bridgehead atoms. The number of hydrogen-bond acceptors (Lipinski definition) is 2. The molecular formula is C33H25BF2N4. The zero-order valence-corrected chi connectivity index (χ0v) is 22.6. The standard InChI is InChI=1S/C33H25BF2N4/c1-22-29(12-10-26-14-18-37-19-15-26)24(3)39-32(22)31(28-8-6-5-7-9-28)33-23(2)30(25(4)40(33)34(39,35)36)13-11-27-16-20-38-21-17-27/h5-9,14-21H,1-4H3. The van der Waals surface area contributed by atoms with E-state index in [4.69, 9.17) is 0 Å². The molecule has 2 aliphatic heterocycles. The van der Waals surface area contributed by atoms with E-state index in [1.165, 1.54) is 8.96 Å². The molecule has 4 aromatic rings. The van der Waals surface area contributed by atoms with E-state index in [0.717, 1.165) is 33.4 Å². The van der Waals surface area contributed by atoms with Gasteiger partial charge in [0.1, 0.15) is 5.71 Å². The summed E-state index contributed by atoms with van der Waals surface area (Å²) < 4.78 is 36.0. The fourth-order valence-electron chi connectivity index (χ4n) is 5.72. The minimum absolute atomic E-state index is 0.438. The zero-order chi connectivity index (χ0) is 28.0. The van der Waals surface area contributed by atoms with Crippen molar-refractivity contribution in [3.05, 3.63) is 135 Å². The van der Waals surface area contributed by atoms with Gasteiger partial charge >= 0.3 is 6.97 Å². The van der Waals surface area contributed by atoms with Crippen LogP contribution in [0.15, 0.2) is 96.2 Å². The van der Waals surface area contributed by atoms with Crippen LogP contribution >= 0.6 is 0 Å². The molecule has 3 aromatic heterocycles. The third-order valence-electron chi connectivity index (χ3n) is 7.57. The molecule has 0 radical (unpaired) electrons. The van der Waals surface area contributed by atoms with Crippen molar-refractivity contribution in [1.82, 2.24) is 14.4 Å². The zero-order valence-electron chi connectivity index (χ0n) is 22.6. The SMILES string of the molecule is CC1=C(C#Cc2ccncc2)C(C)=[N+]2C1=C(c1ccccc1)c1c(C)c(C#Cc3ccncc3)c(C)n1[B-]2(F)F. The summed E-state index contributed by atoms with van der Waals surface area (Å²) in [6, 6.07) is 16.9. The number of rotatable bonds is 1. The lowest BCUT2D eigenvalue weighted by molar-refractivity contribution is -0.363. The minimum Gasteiger partial charge on any atom is -0.392 e. The molecule has 0 saturated heterocycles. The molecule has 7 heteroatoms. The third kappa shape index (κ3) is 3.91. The Labute approximate surface area is 232 Å². The fourth-order valence-corrected chi connectivity index (χ4v) is 5.72. The Hall–Kier alpha value is -5.01. The molecule has 0 spiro atoms. The molecule has 40 heavy (non-hydrogen) atoms. The van der Waals surface area contributed by atoms with Gasteiger partial charge in [-0.15, -0.1) is 0 Å². The molecule has 0 amide bonds. The molecule has 0 saturated carbocycles. The highest BCUT2D eigenvalue weighted by molar-refractivity contribution is 6.58. The lowest BCUT2D eigenvalue weighted by atomic mass is 9.84. The van der Waals surface area contributed by atoms with E-state index in [0.29, 0.717) is 33.9 Å². The van der Waals surface area contributed by atoms with Crippen molar-refractivity contribution in [2.75, 3.05) is 0 Å². The molecule has 4 nitrogen and oxygen atoms in total. The quantitative estimate of drug-likeness (QED) is 0.221. The average molecular weight is 526 g/mol. The summed E-state index contributed by atoms with van der Waals surface area (Å²) in [5.41, 5.74) is 7.72. The molecule has 0 fully saturated rings. The van der Waals surface area contributed by atoms with Crippen molar-refractivity contribution >= 4 is 18.3 Å². The van der Waals surface area contributed by atoms with Crippen molar-refractivity contribution in [3.63, 3.8) is 0 Å². The molecule has 6 rings (SSSR count). The summed E-state index contributed by atoms with van der Waals surface area (Å²) >= 11 is 0. The van der Waals surface area contributed by atoms with Crippen molar-refractivity contribution < 1.29 is 13.1 Å². The van der Waals surface area contributed by atoms with Gasteiger partial charge in [0.15, 0.2) is 5.70 Å². The van der Waals surface area contributed by atoms with Crippen LogP contribution in [-0.4, -0.2) is 31.6 Å². The van der Waals surface area contributed by atoms with Crippen LogP contribution in [0.5, 0.6) is 0 Å². The molecule has 1 aromatic carbocycles. The Morgan fingerprint density at radius 2 is 1.32 bits per heavy atom. The average Bonchev–Trinajstić information content (AvgIpc) is 3.37. The van der Waals surface area contributed by atoms with Gasteiger partial charge in [0, 0.05) is 65.4 Å². The first-order valence-corrected chi connectivity index (χ1v) is 13.0. The van der Waals surface area contributed by atoms with Crippen LogP contribution in [0.1, 0.15) is 53.1 Å². The second kappa shape index (κ2) is 9.63. The van der Waals surface area contributed by atoms with E-state index in [9.17, 15) is 0 Å². The van der Waals surface area contributed by atoms with Crippen LogP contribution in [0.2, 0.25) is 0 Å². The Bertz CT molecular complexity index is 1890. The first-order chi connectivity index (χ1) is 19.3. The van der Waals surface area contributed by atoms with Gasteiger partial charge in [-0.05, 0) is 56.2 Å². The lowest BCUT2D eigenvalue weighted by Gasteiger charge is -2.33. The summed E-state index contributed by atoms with van der Waals surface area (Å²) in [6.45, 7) is 2.99. The number of halogens is 2. The summed E-state index contributed by atoms with van der Waals surface area (Å²) in [6.07, 6.45) is 6.67. The van der Waals surface area contributed by atoms with E-state index in [1.54, 1.807) is 62.9 Å². The number of allylic oxidation sites excluding steroid dienone is 2. The third-order valence-corrected chi connectivity index (χ3v) is 7.57. The number of aromatic nitrogens is 3. The Morgan fingerprint density at radius 3 is 1.93 bits per heavy atom. The van der Waals surface area contributed by atoms with E-state index in [-0.39, 0.29) is 0 Å². The molecule has 0 unspecified atom stereocenters. The summed E-state index contributed by atoms with van der Waals surface area (Å²) in [4.78, 5) is 8.07. The van der Waals surface area contributed by atoms with Gasteiger partial charge in [-0.1, -0.05) is 54.0 Å². The predicted octanol–water partition coefficient (Wildman–Crippen LogP) is 6.15. The number of fused-ring (bicyclic) bond motifs is 2. The molecule has 0 N–H and O–H groups in total. The lowest BCUT2D eigenvalue weighted by Crippen LogP contribution is -2.51. The van der Waals surface area contributed by atoms with Crippen LogP contribution < -0.4 is 0 Å². The normalized spacial score (nSPS) is 15.2. The van der Waals surface area contributed by atoms with Gasteiger partial charge < -0.3 is 17.6 Å². The number of hydrogen-bond donors (Lipinski definition) is 0. The molecular weight excluding hydrogens is 501 g/mol. The molecule has 194 valence electrons. The number of benzene rings is 1. The van der Waals surface area contributed by atoms with Crippen molar-refractivity contribution in [2.45, 2.75) is 27.7 Å². The monoisotopic (exact) mass is 526 g/mol. The topological polar surface area (TPSA) is 33.7 Å². The van der Waals surface area contributed by atoms with Gasteiger partial charge in [-0.25, -0.2) is 0 Å². The second-order valence-electron chi connectivity index (χ2n) is 9.91. The predicted molar refractivity (Wildman–Crippen MR) is 155 cm³/mol. The highest BCUT2D eigenvalue weighted by Crippen LogP contribution is 2.46. The molecule has 0 aliphatic carbocycles. The van der Waals surface area contributed by atoms with E-state index in [1.807, 2.05) is 44.2 Å². The maximum absolute atomic E-state index is 16.8. The highest BCUT2D eigenvalue weighted by atomic mass is 19.2. The van der Waals surface area contributed by atoms with Gasteiger partial charge in [0.05, 0.1) is 11.1 Å². The van der Waals surface area contributed by atoms with Crippen LogP contribution in [-0.2, 0) is 0 Å². The minimum atomic E-state index is -4.23. The van der Waals surface area contributed by atoms with Crippen LogP contribution in [0, 0.1) is 37.5 Å². The van der Waals surface area contributed by atoms with Gasteiger partial charge in [0.2, 0.25) is 0 Å². The Balaban J connectivity index is 1.65. The van der Waals surface area contributed by atoms with Crippen LogP contribution in [0.3, 0.4) is 0 Å². The maximum atomic E-state index is 16.8. The van der Waals surface area contributed by atoms with Crippen LogP contribution in [0.25, 0.3) is 5.57 Å². The van der Waals surface area contributed by atoms with Crippen molar-refractivity contribution in [3.8, 4) is 23.7 Å². The Kier molecular flexibility index (Phi) is 6.09. The van der Waals surface area contributed by atoms with Crippen molar-refractivity contribution in [2.24, 2.45) is 0 Å². The fraction of sp³-hybridized carbons (Fsp3) is 0.121. The van der Waals surface area contributed by atoms with Gasteiger partial charge in [-0.3, -0.25) is 9.97 Å². The summed E-state index contributed by atoms with van der Waals surface area (Å²) in [5.74, 6) is 12.6. The largest absolute Gasteiger partial charge is 0.737 e. The maximum Gasteiger partial charge on any atom is 0.737 e. The first kappa shape index (κ1) is 25.3. The molecule has 2 aliphatic rings. The van der Waals surface area contributed by atoms with Gasteiger partial charge in [0.25, 0.3) is 0 Å². The highest BCUT2D eigenvalue weighted by Gasteiger charge is 2.57. The van der Waals surface area contributed by atoms with Crippen molar-refractivity contribution in [1.29, 1.82) is 0 Å². The molecule has 0 atom stereocenters. The second-order valence-corrected chi connectivity index (χ2v) is 9.91. The smallest absolute Gasteiger partial charge is 0.392 e. The van der Waals surface area contributed by atoms with Gasteiger partial charge in [-0.2, -0.15) is 0 Å². The summed E-state index contributed by atoms with van der Waals surface area (Å²) in [7, 11) is 0. The first-order valence-electron chi connectivity index (χ1n) is 13.0. The molecule has 5 heterocycles. The number of nitrogens with zero attached hydrogens (tertiary/aromatic N) is 4. The number of pyridine rings is 2. The Morgan fingerprint density at radius 1 is 0.750 bits per heavy atom. The van der Waals surface area contributed by atoms with E-state index >= 15 is 8.63 Å². The van der Waals surface area contributed by atoms with E-state index in [2.05, 4.69) is 33.6 Å².